The molecule has 1 atom stereocenters. The Morgan fingerprint density at radius 2 is 1.55 bits per heavy atom. The van der Waals surface area contributed by atoms with Crippen LogP contribution in [0, 0.1) is 0 Å². The third-order valence-corrected chi connectivity index (χ3v) is 3.68. The summed E-state index contributed by atoms with van der Waals surface area (Å²) < 4.78 is 11.5. The summed E-state index contributed by atoms with van der Waals surface area (Å²) in [4.78, 5) is 0. The van der Waals surface area contributed by atoms with Gasteiger partial charge >= 0.3 is 0 Å². The average molecular weight is 298 g/mol. The zero-order valence-electron chi connectivity index (χ0n) is 13.6. The lowest BCUT2D eigenvalue weighted by Gasteiger charge is -2.13. The molecule has 0 saturated carbocycles. The molecule has 0 heterocycles. The van der Waals surface area contributed by atoms with Crippen LogP contribution in [0.2, 0.25) is 0 Å². The number of hydrogen-bond donors (Lipinski definition) is 0. The van der Waals surface area contributed by atoms with Gasteiger partial charge in [-0.1, -0.05) is 62.2 Å². The quantitative estimate of drug-likeness (QED) is 0.583. The second kappa shape index (κ2) is 9.26. The third kappa shape index (κ3) is 5.53. The van der Waals surface area contributed by atoms with Gasteiger partial charge in [0, 0.05) is 0 Å². The van der Waals surface area contributed by atoms with E-state index < -0.39 is 0 Å². The maximum Gasteiger partial charge on any atom is 0.119 e. The molecular formula is C20H26O2. The molecule has 0 fully saturated rings. The van der Waals surface area contributed by atoms with E-state index in [0.717, 1.165) is 12.2 Å². The van der Waals surface area contributed by atoms with Gasteiger partial charge in [-0.25, -0.2) is 0 Å². The van der Waals surface area contributed by atoms with Crippen molar-refractivity contribution in [1.29, 1.82) is 0 Å². The van der Waals surface area contributed by atoms with E-state index in [2.05, 4.69) is 50.2 Å². The molecule has 0 aliphatic heterocycles. The first-order valence-electron chi connectivity index (χ1n) is 8.19. The highest BCUT2D eigenvalue weighted by Gasteiger charge is 2.02. The van der Waals surface area contributed by atoms with Gasteiger partial charge in [0.05, 0.1) is 12.7 Å². The third-order valence-electron chi connectivity index (χ3n) is 3.68. The van der Waals surface area contributed by atoms with Gasteiger partial charge in [0.25, 0.3) is 0 Å². The van der Waals surface area contributed by atoms with Crippen LogP contribution in [0.5, 0.6) is 5.75 Å². The second-order valence-corrected chi connectivity index (χ2v) is 5.56. The highest BCUT2D eigenvalue weighted by atomic mass is 16.5. The van der Waals surface area contributed by atoms with Crippen LogP contribution in [0.25, 0.3) is 11.1 Å². The van der Waals surface area contributed by atoms with Gasteiger partial charge in [0.2, 0.25) is 0 Å². The van der Waals surface area contributed by atoms with Crippen molar-refractivity contribution in [2.75, 3.05) is 13.2 Å². The zero-order chi connectivity index (χ0) is 15.6. The van der Waals surface area contributed by atoms with E-state index in [-0.39, 0.29) is 0 Å². The lowest BCUT2D eigenvalue weighted by molar-refractivity contribution is 0.0387. The standard InChI is InChI=1S/C20H26O2/c1-3-4-8-17(2)21-15-16-22-20-13-11-19(12-14-20)18-9-6-5-7-10-18/h5-7,9-14,17H,3-4,8,15-16H2,1-2H3. The minimum Gasteiger partial charge on any atom is -0.491 e. The van der Waals surface area contributed by atoms with Gasteiger partial charge in [-0.2, -0.15) is 0 Å². The van der Waals surface area contributed by atoms with Gasteiger partial charge in [0.1, 0.15) is 12.4 Å². The van der Waals surface area contributed by atoms with Gasteiger partial charge in [-0.15, -0.1) is 0 Å². The lowest BCUT2D eigenvalue weighted by Crippen LogP contribution is -2.14. The van der Waals surface area contributed by atoms with Crippen molar-refractivity contribution in [3.63, 3.8) is 0 Å². The van der Waals surface area contributed by atoms with Crippen LogP contribution in [-0.2, 0) is 4.74 Å². The summed E-state index contributed by atoms with van der Waals surface area (Å²) in [6, 6.07) is 18.6. The molecule has 2 heteroatoms. The normalized spacial score (nSPS) is 12.1. The Balaban J connectivity index is 1.73. The Hall–Kier alpha value is -1.80. The molecular weight excluding hydrogens is 272 g/mol. The van der Waals surface area contributed by atoms with Crippen molar-refractivity contribution in [3.8, 4) is 16.9 Å². The van der Waals surface area contributed by atoms with Gasteiger partial charge < -0.3 is 9.47 Å². The van der Waals surface area contributed by atoms with E-state index in [0.29, 0.717) is 19.3 Å². The first-order chi connectivity index (χ1) is 10.8. The van der Waals surface area contributed by atoms with Crippen molar-refractivity contribution in [2.24, 2.45) is 0 Å². The van der Waals surface area contributed by atoms with Crippen LogP contribution in [0.1, 0.15) is 33.1 Å². The van der Waals surface area contributed by atoms with E-state index in [4.69, 9.17) is 9.47 Å². The lowest BCUT2D eigenvalue weighted by atomic mass is 10.1. The maximum atomic E-state index is 5.73. The van der Waals surface area contributed by atoms with Crippen LogP contribution in [-0.4, -0.2) is 19.3 Å². The van der Waals surface area contributed by atoms with Crippen LogP contribution >= 0.6 is 0 Å². The van der Waals surface area contributed by atoms with E-state index in [1.54, 1.807) is 0 Å². The fourth-order valence-corrected chi connectivity index (χ4v) is 2.36. The minimum atomic E-state index is 0.323. The van der Waals surface area contributed by atoms with E-state index >= 15 is 0 Å². The molecule has 0 N–H and O–H groups in total. The Labute approximate surface area is 134 Å². The van der Waals surface area contributed by atoms with Gasteiger partial charge in [-0.05, 0) is 36.6 Å². The summed E-state index contributed by atoms with van der Waals surface area (Å²) >= 11 is 0. The molecule has 0 aliphatic carbocycles. The predicted molar refractivity (Wildman–Crippen MR) is 92.3 cm³/mol. The molecule has 0 spiro atoms. The summed E-state index contributed by atoms with van der Waals surface area (Å²) in [6.45, 7) is 5.58. The first-order valence-corrected chi connectivity index (χ1v) is 8.19. The Bertz CT molecular complexity index is 519. The molecule has 2 aromatic rings. The van der Waals surface area contributed by atoms with Gasteiger partial charge in [0.15, 0.2) is 0 Å². The fraction of sp³-hybridized carbons (Fsp3) is 0.400. The van der Waals surface area contributed by atoms with E-state index in [1.807, 2.05) is 18.2 Å². The largest absolute Gasteiger partial charge is 0.491 e. The number of benzene rings is 2. The molecule has 0 saturated heterocycles. The molecule has 2 nitrogen and oxygen atoms in total. The molecule has 1 unspecified atom stereocenters. The van der Waals surface area contributed by atoms with Crippen LogP contribution < -0.4 is 4.74 Å². The van der Waals surface area contributed by atoms with Gasteiger partial charge in [-0.3, -0.25) is 0 Å². The molecule has 22 heavy (non-hydrogen) atoms. The maximum absolute atomic E-state index is 5.73. The number of unbranched alkanes of at least 4 members (excludes halogenated alkanes) is 1. The molecule has 0 amide bonds. The highest BCUT2D eigenvalue weighted by molar-refractivity contribution is 5.63. The van der Waals surface area contributed by atoms with Crippen LogP contribution in [0.4, 0.5) is 0 Å². The Morgan fingerprint density at radius 3 is 2.23 bits per heavy atom. The summed E-state index contributed by atoms with van der Waals surface area (Å²) in [6.07, 6.45) is 3.90. The van der Waals surface area contributed by atoms with E-state index in [9.17, 15) is 0 Å². The molecule has 0 aliphatic rings. The van der Waals surface area contributed by atoms with Crippen molar-refractivity contribution in [3.05, 3.63) is 54.6 Å². The van der Waals surface area contributed by atoms with Crippen molar-refractivity contribution >= 4 is 0 Å². The van der Waals surface area contributed by atoms with Crippen LogP contribution in [0.15, 0.2) is 54.6 Å². The molecule has 2 aromatic carbocycles. The zero-order valence-corrected chi connectivity index (χ0v) is 13.6. The number of ether oxygens (including phenoxy) is 2. The highest BCUT2D eigenvalue weighted by Crippen LogP contribution is 2.21. The molecule has 0 bridgehead atoms. The monoisotopic (exact) mass is 298 g/mol. The molecule has 2 rings (SSSR count). The second-order valence-electron chi connectivity index (χ2n) is 5.56. The first kappa shape index (κ1) is 16.6. The van der Waals surface area contributed by atoms with E-state index in [1.165, 1.54) is 24.0 Å². The van der Waals surface area contributed by atoms with Crippen molar-refractivity contribution in [1.82, 2.24) is 0 Å². The van der Waals surface area contributed by atoms with Crippen molar-refractivity contribution in [2.45, 2.75) is 39.2 Å². The van der Waals surface area contributed by atoms with Crippen LogP contribution in [0.3, 0.4) is 0 Å². The summed E-state index contributed by atoms with van der Waals surface area (Å²) in [5.41, 5.74) is 2.43. The fourth-order valence-electron chi connectivity index (χ4n) is 2.36. The smallest absolute Gasteiger partial charge is 0.119 e. The summed E-state index contributed by atoms with van der Waals surface area (Å²) in [7, 11) is 0. The summed E-state index contributed by atoms with van der Waals surface area (Å²) in [5, 5.41) is 0. The predicted octanol–water partition coefficient (Wildman–Crippen LogP) is 5.33. The minimum absolute atomic E-state index is 0.323. The number of hydrogen-bond acceptors (Lipinski definition) is 2. The summed E-state index contributed by atoms with van der Waals surface area (Å²) in [5.74, 6) is 0.893. The number of rotatable bonds is 9. The molecule has 0 radical (unpaired) electrons. The molecule has 0 aromatic heterocycles. The Kier molecular flexibility index (Phi) is 6.98. The Morgan fingerprint density at radius 1 is 0.864 bits per heavy atom. The topological polar surface area (TPSA) is 18.5 Å². The average Bonchev–Trinajstić information content (AvgIpc) is 2.58. The molecule has 118 valence electrons. The SMILES string of the molecule is CCCCC(C)OCCOc1ccc(-c2ccccc2)cc1. The van der Waals surface area contributed by atoms with Crippen molar-refractivity contribution < 1.29 is 9.47 Å².